The van der Waals surface area contributed by atoms with Crippen LogP contribution in [0.15, 0.2) is 16.7 Å². The summed E-state index contributed by atoms with van der Waals surface area (Å²) in [5.41, 5.74) is 0. The van der Waals surface area contributed by atoms with Crippen molar-refractivity contribution >= 4 is 33.3 Å². The van der Waals surface area contributed by atoms with Crippen LogP contribution in [-0.4, -0.2) is 30.8 Å². The molecule has 0 bridgehead atoms. The molecule has 1 unspecified atom stereocenters. The van der Waals surface area contributed by atoms with Crippen molar-refractivity contribution in [1.29, 1.82) is 5.26 Å². The first kappa shape index (κ1) is 11.6. The van der Waals surface area contributed by atoms with E-state index in [1.807, 2.05) is 4.90 Å². The quantitative estimate of drug-likeness (QED) is 0.798. The summed E-state index contributed by atoms with van der Waals surface area (Å²) in [6.07, 6.45) is 1.29. The van der Waals surface area contributed by atoms with E-state index in [1.54, 1.807) is 12.3 Å². The lowest BCUT2D eigenvalue weighted by molar-refractivity contribution is 0.0761. The number of hydrogen-bond donors (Lipinski definition) is 0. The van der Waals surface area contributed by atoms with Crippen molar-refractivity contribution in [3.05, 3.63) is 21.8 Å². The van der Waals surface area contributed by atoms with Gasteiger partial charge in [0.1, 0.15) is 5.82 Å². The number of ether oxygens (including phenoxy) is 1. The van der Waals surface area contributed by atoms with E-state index in [2.05, 4.69) is 27.0 Å². The molecule has 0 aliphatic carbocycles. The van der Waals surface area contributed by atoms with Crippen molar-refractivity contribution in [2.45, 2.75) is 6.10 Å². The Morgan fingerprint density at radius 2 is 2.50 bits per heavy atom. The summed E-state index contributed by atoms with van der Waals surface area (Å²) < 4.78 is 6.10. The maximum absolute atomic E-state index is 8.81. The molecular weight excluding hydrogens is 293 g/mol. The molecule has 0 aromatic carbocycles. The smallest absolute Gasteiger partial charge is 0.161 e. The largest absolute Gasteiger partial charge is 0.360 e. The molecule has 1 aliphatic rings. The Hall–Kier alpha value is -0.830. The number of aromatic nitrogens is 1. The summed E-state index contributed by atoms with van der Waals surface area (Å²) in [6.45, 7) is 1.73. The van der Waals surface area contributed by atoms with Crippen molar-refractivity contribution in [3.63, 3.8) is 0 Å². The highest BCUT2D eigenvalue weighted by atomic mass is 79.9. The number of rotatable bonds is 1. The first-order valence-corrected chi connectivity index (χ1v) is 5.95. The molecule has 1 aromatic heterocycles. The van der Waals surface area contributed by atoms with Crippen LogP contribution in [0, 0.1) is 11.3 Å². The third-order valence-electron chi connectivity index (χ3n) is 2.30. The van der Waals surface area contributed by atoms with Crippen LogP contribution < -0.4 is 4.90 Å². The average molecular weight is 303 g/mol. The normalized spacial score (nSPS) is 20.6. The van der Waals surface area contributed by atoms with E-state index < -0.39 is 6.10 Å². The van der Waals surface area contributed by atoms with Crippen LogP contribution in [0.1, 0.15) is 0 Å². The Labute approximate surface area is 107 Å². The van der Waals surface area contributed by atoms with E-state index in [1.165, 1.54) is 0 Å². The zero-order valence-corrected chi connectivity index (χ0v) is 10.7. The van der Waals surface area contributed by atoms with Gasteiger partial charge in [0.15, 0.2) is 6.10 Å². The van der Waals surface area contributed by atoms with Gasteiger partial charge in [-0.25, -0.2) is 4.98 Å². The summed E-state index contributed by atoms with van der Waals surface area (Å²) in [5, 5.41) is 9.38. The number of pyridine rings is 1. The second-order valence-corrected chi connectivity index (χ2v) is 4.72. The van der Waals surface area contributed by atoms with Gasteiger partial charge in [-0.3, -0.25) is 0 Å². The molecule has 2 rings (SSSR count). The minimum Gasteiger partial charge on any atom is -0.360 e. The molecule has 1 fully saturated rings. The number of nitriles is 1. The molecule has 1 aliphatic heterocycles. The van der Waals surface area contributed by atoms with Gasteiger partial charge in [0.2, 0.25) is 0 Å². The van der Waals surface area contributed by atoms with Crippen molar-refractivity contribution in [3.8, 4) is 6.07 Å². The first-order valence-electron chi connectivity index (χ1n) is 4.78. The summed E-state index contributed by atoms with van der Waals surface area (Å²) in [4.78, 5) is 6.22. The summed E-state index contributed by atoms with van der Waals surface area (Å²) in [6, 6.07) is 3.88. The van der Waals surface area contributed by atoms with Crippen LogP contribution in [0.4, 0.5) is 5.82 Å². The van der Waals surface area contributed by atoms with Crippen molar-refractivity contribution in [2.24, 2.45) is 0 Å². The molecular formula is C10H9BrClN3O. The first-order chi connectivity index (χ1) is 7.70. The van der Waals surface area contributed by atoms with Gasteiger partial charge in [-0.1, -0.05) is 11.6 Å². The fourth-order valence-corrected chi connectivity index (χ4v) is 2.31. The van der Waals surface area contributed by atoms with Crippen LogP contribution in [0.25, 0.3) is 0 Å². The molecule has 2 heterocycles. The predicted octanol–water partition coefficient (Wildman–Crippen LogP) is 2.23. The lowest BCUT2D eigenvalue weighted by atomic mass is 10.3. The maximum atomic E-state index is 8.81. The number of anilines is 1. The van der Waals surface area contributed by atoms with Crippen molar-refractivity contribution in [1.82, 2.24) is 4.98 Å². The van der Waals surface area contributed by atoms with Gasteiger partial charge in [-0.2, -0.15) is 5.26 Å². The van der Waals surface area contributed by atoms with Crippen LogP contribution in [-0.2, 0) is 4.74 Å². The van der Waals surface area contributed by atoms with Crippen LogP contribution in [0.5, 0.6) is 0 Å². The Kier molecular flexibility index (Phi) is 3.64. The second kappa shape index (κ2) is 5.00. The lowest BCUT2D eigenvalue weighted by Crippen LogP contribution is -2.42. The third kappa shape index (κ3) is 2.46. The van der Waals surface area contributed by atoms with Crippen LogP contribution >= 0.6 is 27.5 Å². The van der Waals surface area contributed by atoms with Crippen LogP contribution in [0.3, 0.4) is 0 Å². The summed E-state index contributed by atoms with van der Waals surface area (Å²) >= 11 is 9.40. The predicted molar refractivity (Wildman–Crippen MR) is 64.5 cm³/mol. The molecule has 0 saturated carbocycles. The minimum absolute atomic E-state index is 0.407. The van der Waals surface area contributed by atoms with E-state index in [4.69, 9.17) is 21.6 Å². The van der Waals surface area contributed by atoms with Gasteiger partial charge in [0, 0.05) is 17.2 Å². The molecule has 0 spiro atoms. The molecule has 16 heavy (non-hydrogen) atoms. The second-order valence-electron chi connectivity index (χ2n) is 3.39. The van der Waals surface area contributed by atoms with Gasteiger partial charge < -0.3 is 9.64 Å². The molecule has 0 N–H and O–H groups in total. The zero-order valence-electron chi connectivity index (χ0n) is 8.36. The molecule has 0 amide bonds. The van der Waals surface area contributed by atoms with E-state index in [0.29, 0.717) is 30.5 Å². The number of nitrogens with zero attached hydrogens (tertiary/aromatic N) is 3. The summed E-state index contributed by atoms with van der Waals surface area (Å²) in [7, 11) is 0. The van der Waals surface area contributed by atoms with Gasteiger partial charge in [0.05, 0.1) is 24.2 Å². The van der Waals surface area contributed by atoms with E-state index >= 15 is 0 Å². The molecule has 1 saturated heterocycles. The Balaban J connectivity index is 2.20. The summed E-state index contributed by atoms with van der Waals surface area (Å²) in [5.74, 6) is 0.702. The van der Waals surface area contributed by atoms with Crippen molar-refractivity contribution in [2.75, 3.05) is 24.6 Å². The van der Waals surface area contributed by atoms with Gasteiger partial charge in [0.25, 0.3) is 0 Å². The SMILES string of the molecule is N#CC1CN(c2ncc(Br)cc2Cl)CCO1. The van der Waals surface area contributed by atoms with Gasteiger partial charge in [-0.05, 0) is 22.0 Å². The molecule has 84 valence electrons. The lowest BCUT2D eigenvalue weighted by Gasteiger charge is -2.31. The van der Waals surface area contributed by atoms with Crippen LogP contribution in [0.2, 0.25) is 5.02 Å². The molecule has 1 atom stereocenters. The zero-order chi connectivity index (χ0) is 11.5. The van der Waals surface area contributed by atoms with E-state index in [0.717, 1.165) is 4.47 Å². The fraction of sp³-hybridized carbons (Fsp3) is 0.400. The Morgan fingerprint density at radius 3 is 3.19 bits per heavy atom. The van der Waals surface area contributed by atoms with Gasteiger partial charge >= 0.3 is 0 Å². The number of hydrogen-bond acceptors (Lipinski definition) is 4. The highest BCUT2D eigenvalue weighted by Crippen LogP contribution is 2.27. The fourth-order valence-electron chi connectivity index (χ4n) is 1.56. The standard InChI is InChI=1S/C10H9BrClN3O/c11-7-3-9(12)10(14-5-7)15-1-2-16-8(4-13)6-15/h3,5,8H,1-2,6H2. The maximum Gasteiger partial charge on any atom is 0.161 e. The average Bonchev–Trinajstić information content (AvgIpc) is 2.29. The van der Waals surface area contributed by atoms with E-state index in [-0.39, 0.29) is 0 Å². The Bertz CT molecular complexity index is 435. The monoisotopic (exact) mass is 301 g/mol. The highest BCUT2D eigenvalue weighted by molar-refractivity contribution is 9.10. The topological polar surface area (TPSA) is 49.2 Å². The minimum atomic E-state index is -0.407. The van der Waals surface area contributed by atoms with Crippen molar-refractivity contribution < 1.29 is 4.74 Å². The van der Waals surface area contributed by atoms with E-state index in [9.17, 15) is 0 Å². The molecule has 1 aromatic rings. The molecule has 6 heteroatoms. The number of halogens is 2. The highest BCUT2D eigenvalue weighted by Gasteiger charge is 2.22. The third-order valence-corrected chi connectivity index (χ3v) is 3.01. The number of morpholine rings is 1. The van der Waals surface area contributed by atoms with Gasteiger partial charge in [-0.15, -0.1) is 0 Å². The Morgan fingerprint density at radius 1 is 1.69 bits per heavy atom. The molecule has 4 nitrogen and oxygen atoms in total. The molecule has 0 radical (unpaired) electrons.